The molecule has 2 nitrogen and oxygen atoms in total. The minimum absolute atomic E-state index is 0.131. The van der Waals surface area contributed by atoms with Crippen molar-refractivity contribution in [1.29, 1.82) is 0 Å². The maximum Gasteiger partial charge on any atom is 0.0992 e. The molecule has 0 aromatic carbocycles. The lowest BCUT2D eigenvalue weighted by molar-refractivity contribution is 0.167. The Bertz CT molecular complexity index is 304. The molecule has 0 aliphatic heterocycles. The number of thiophene rings is 1. The van der Waals surface area contributed by atoms with Crippen molar-refractivity contribution >= 4 is 34.5 Å². The molecule has 0 aliphatic carbocycles. The normalized spacial score (nSPS) is 13.1. The fraction of sp³-hybridized carbons (Fsp3) is 0.600. The zero-order valence-electron chi connectivity index (χ0n) is 8.85. The molecule has 0 bridgehead atoms. The van der Waals surface area contributed by atoms with Gasteiger partial charge in [-0.2, -0.15) is 0 Å². The third-order valence-electron chi connectivity index (χ3n) is 2.03. The summed E-state index contributed by atoms with van der Waals surface area (Å²) in [7, 11) is 1.68. The van der Waals surface area contributed by atoms with Gasteiger partial charge in [-0.1, -0.05) is 30.1 Å². The van der Waals surface area contributed by atoms with E-state index in [0.29, 0.717) is 6.61 Å². The zero-order chi connectivity index (χ0) is 11.3. The number of halogens is 2. The average molecular weight is 268 g/mol. The van der Waals surface area contributed by atoms with E-state index < -0.39 is 0 Å². The van der Waals surface area contributed by atoms with E-state index in [1.54, 1.807) is 7.11 Å². The Hall–Kier alpha value is 0.200. The first-order valence-electron chi connectivity index (χ1n) is 4.86. The van der Waals surface area contributed by atoms with Crippen LogP contribution in [0.3, 0.4) is 0 Å². The van der Waals surface area contributed by atoms with E-state index in [9.17, 15) is 0 Å². The molecule has 1 unspecified atom stereocenters. The monoisotopic (exact) mass is 267 g/mol. The van der Waals surface area contributed by atoms with Crippen LogP contribution in [0.1, 0.15) is 24.9 Å². The lowest BCUT2D eigenvalue weighted by atomic mass is 10.1. The van der Waals surface area contributed by atoms with Crippen LogP contribution in [0.5, 0.6) is 0 Å². The van der Waals surface area contributed by atoms with Gasteiger partial charge in [0.15, 0.2) is 0 Å². The van der Waals surface area contributed by atoms with Gasteiger partial charge in [-0.25, -0.2) is 0 Å². The predicted molar refractivity (Wildman–Crippen MR) is 67.2 cm³/mol. The highest BCUT2D eigenvalue weighted by atomic mass is 35.5. The van der Waals surface area contributed by atoms with Gasteiger partial charge in [0.2, 0.25) is 0 Å². The molecular weight excluding hydrogens is 253 g/mol. The minimum atomic E-state index is 0.131. The molecule has 1 rings (SSSR count). The minimum Gasteiger partial charge on any atom is -0.383 e. The van der Waals surface area contributed by atoms with Gasteiger partial charge < -0.3 is 10.1 Å². The Morgan fingerprint density at radius 1 is 1.53 bits per heavy atom. The van der Waals surface area contributed by atoms with Crippen LogP contribution in [0.4, 0.5) is 0 Å². The molecule has 1 aromatic rings. The third kappa shape index (κ3) is 3.93. The largest absolute Gasteiger partial charge is 0.383 e. The van der Waals surface area contributed by atoms with E-state index in [1.807, 2.05) is 6.07 Å². The van der Waals surface area contributed by atoms with Crippen LogP contribution in [-0.2, 0) is 4.74 Å². The number of ether oxygens (including phenoxy) is 1. The maximum absolute atomic E-state index is 6.09. The summed E-state index contributed by atoms with van der Waals surface area (Å²) < 4.78 is 6.62. The molecule has 0 fully saturated rings. The first kappa shape index (κ1) is 13.3. The van der Waals surface area contributed by atoms with Crippen molar-refractivity contribution in [3.63, 3.8) is 0 Å². The fourth-order valence-corrected chi connectivity index (χ4v) is 2.91. The lowest BCUT2D eigenvalue weighted by Crippen LogP contribution is -2.25. The highest BCUT2D eigenvalue weighted by Crippen LogP contribution is 2.35. The Morgan fingerprint density at radius 3 is 2.73 bits per heavy atom. The highest BCUT2D eigenvalue weighted by Gasteiger charge is 2.16. The molecule has 15 heavy (non-hydrogen) atoms. The van der Waals surface area contributed by atoms with E-state index in [-0.39, 0.29) is 6.04 Å². The Labute approximate surface area is 105 Å². The summed E-state index contributed by atoms with van der Waals surface area (Å²) in [4.78, 5) is 0. The van der Waals surface area contributed by atoms with Gasteiger partial charge in [0.25, 0.3) is 0 Å². The summed E-state index contributed by atoms with van der Waals surface area (Å²) in [5.41, 5.74) is 1.03. The third-order valence-corrected chi connectivity index (χ3v) is 3.55. The van der Waals surface area contributed by atoms with Crippen LogP contribution in [0, 0.1) is 0 Å². The van der Waals surface area contributed by atoms with Crippen LogP contribution in [0.2, 0.25) is 8.67 Å². The first-order chi connectivity index (χ1) is 7.19. The average Bonchev–Trinajstić information content (AvgIpc) is 2.52. The van der Waals surface area contributed by atoms with Crippen LogP contribution in [-0.4, -0.2) is 20.3 Å². The summed E-state index contributed by atoms with van der Waals surface area (Å²) in [6.45, 7) is 3.67. The van der Waals surface area contributed by atoms with Crippen molar-refractivity contribution in [2.75, 3.05) is 20.3 Å². The number of nitrogens with one attached hydrogen (secondary N) is 1. The van der Waals surface area contributed by atoms with Gasteiger partial charge in [-0.05, 0) is 19.0 Å². The molecule has 0 amide bonds. The number of hydrogen-bond acceptors (Lipinski definition) is 3. The molecule has 1 atom stereocenters. The zero-order valence-corrected chi connectivity index (χ0v) is 11.2. The maximum atomic E-state index is 6.09. The molecule has 0 saturated heterocycles. The summed E-state index contributed by atoms with van der Waals surface area (Å²) in [5.74, 6) is 0. The quantitative estimate of drug-likeness (QED) is 0.848. The number of rotatable bonds is 6. The predicted octanol–water partition coefficient (Wildman–Crippen LogP) is 3.74. The van der Waals surface area contributed by atoms with Gasteiger partial charge in [-0.3, -0.25) is 0 Å². The van der Waals surface area contributed by atoms with Gasteiger partial charge >= 0.3 is 0 Å². The van der Waals surface area contributed by atoms with Crippen molar-refractivity contribution < 1.29 is 4.74 Å². The molecule has 0 radical (unpaired) electrons. The molecule has 0 saturated carbocycles. The Balaban J connectivity index is 2.73. The molecule has 1 aromatic heterocycles. The second kappa shape index (κ2) is 6.71. The molecule has 1 heterocycles. The smallest absolute Gasteiger partial charge is 0.0992 e. The first-order valence-corrected chi connectivity index (χ1v) is 6.43. The fourth-order valence-electron chi connectivity index (χ4n) is 1.33. The van der Waals surface area contributed by atoms with E-state index in [4.69, 9.17) is 27.9 Å². The standard InChI is InChI=1S/C10H15Cl2NOS/c1-3-4-13-8(6-14-2)7-5-9(11)15-10(7)12/h5,8,13H,3-4,6H2,1-2H3. The molecule has 86 valence electrons. The van der Waals surface area contributed by atoms with Gasteiger partial charge in [0.05, 0.1) is 21.3 Å². The topological polar surface area (TPSA) is 21.3 Å². The van der Waals surface area contributed by atoms with Gasteiger partial charge in [0.1, 0.15) is 0 Å². The van der Waals surface area contributed by atoms with Gasteiger partial charge in [-0.15, -0.1) is 11.3 Å². The van der Waals surface area contributed by atoms with Crippen LogP contribution < -0.4 is 5.32 Å². The van der Waals surface area contributed by atoms with E-state index in [2.05, 4.69) is 12.2 Å². The van der Waals surface area contributed by atoms with Crippen molar-refractivity contribution in [1.82, 2.24) is 5.32 Å². The lowest BCUT2D eigenvalue weighted by Gasteiger charge is -2.16. The van der Waals surface area contributed by atoms with Crippen molar-refractivity contribution in [3.8, 4) is 0 Å². The van der Waals surface area contributed by atoms with Crippen LogP contribution >= 0.6 is 34.5 Å². The molecule has 0 spiro atoms. The Morgan fingerprint density at radius 2 is 2.27 bits per heavy atom. The molecule has 1 N–H and O–H groups in total. The highest BCUT2D eigenvalue weighted by molar-refractivity contribution is 7.20. The summed E-state index contributed by atoms with van der Waals surface area (Å²) in [6.07, 6.45) is 1.08. The van der Waals surface area contributed by atoms with E-state index in [1.165, 1.54) is 11.3 Å². The second-order valence-electron chi connectivity index (χ2n) is 3.24. The summed E-state index contributed by atoms with van der Waals surface area (Å²) in [6, 6.07) is 2.03. The van der Waals surface area contributed by atoms with Crippen LogP contribution in [0.25, 0.3) is 0 Å². The number of hydrogen-bond donors (Lipinski definition) is 1. The van der Waals surface area contributed by atoms with Gasteiger partial charge in [0, 0.05) is 12.7 Å². The van der Waals surface area contributed by atoms with Crippen molar-refractivity contribution in [2.45, 2.75) is 19.4 Å². The molecular formula is C10H15Cl2NOS. The Kier molecular flexibility index (Phi) is 5.94. The summed E-state index contributed by atoms with van der Waals surface area (Å²) in [5, 5.41) is 3.38. The SMILES string of the molecule is CCCNC(COC)c1cc(Cl)sc1Cl. The number of methoxy groups -OCH3 is 1. The van der Waals surface area contributed by atoms with Crippen molar-refractivity contribution in [3.05, 3.63) is 20.3 Å². The van der Waals surface area contributed by atoms with E-state index in [0.717, 1.165) is 27.2 Å². The summed E-state index contributed by atoms with van der Waals surface area (Å²) >= 11 is 13.4. The molecule has 0 aliphatic rings. The van der Waals surface area contributed by atoms with Crippen molar-refractivity contribution in [2.24, 2.45) is 0 Å². The molecule has 5 heteroatoms. The van der Waals surface area contributed by atoms with Crippen LogP contribution in [0.15, 0.2) is 6.07 Å². The second-order valence-corrected chi connectivity index (χ2v) is 5.53. The van der Waals surface area contributed by atoms with E-state index >= 15 is 0 Å².